The molecule has 0 saturated heterocycles. The zero-order valence-electron chi connectivity index (χ0n) is 15.9. The Bertz CT molecular complexity index is 1210. The van der Waals surface area contributed by atoms with Gasteiger partial charge in [-0.05, 0) is 24.6 Å². The van der Waals surface area contributed by atoms with Crippen LogP contribution >= 0.6 is 0 Å². The van der Waals surface area contributed by atoms with Crippen LogP contribution in [0.25, 0.3) is 16.8 Å². The van der Waals surface area contributed by atoms with Gasteiger partial charge in [-0.2, -0.15) is 0 Å². The summed E-state index contributed by atoms with van der Waals surface area (Å²) >= 11 is 0. The van der Waals surface area contributed by atoms with Crippen LogP contribution in [0.5, 0.6) is 5.75 Å². The lowest BCUT2D eigenvalue weighted by atomic mass is 10.0. The SMILES string of the molecule is CCc1ncccc1-c1cnc(NCc2c(F)ccc3c2CCO3)n2cnnc12. The Labute approximate surface area is 166 Å². The lowest BCUT2D eigenvalue weighted by molar-refractivity contribution is 0.356. The van der Waals surface area contributed by atoms with E-state index in [2.05, 4.69) is 32.4 Å². The molecule has 7 nitrogen and oxygen atoms in total. The van der Waals surface area contributed by atoms with Gasteiger partial charge < -0.3 is 10.1 Å². The summed E-state index contributed by atoms with van der Waals surface area (Å²) in [5.74, 6) is 1.05. The topological polar surface area (TPSA) is 77.2 Å². The van der Waals surface area contributed by atoms with Crippen LogP contribution in [0.3, 0.4) is 0 Å². The number of anilines is 1. The van der Waals surface area contributed by atoms with E-state index >= 15 is 0 Å². The molecule has 1 aromatic carbocycles. The van der Waals surface area contributed by atoms with E-state index in [-0.39, 0.29) is 5.82 Å². The molecule has 146 valence electrons. The van der Waals surface area contributed by atoms with Gasteiger partial charge in [-0.15, -0.1) is 10.2 Å². The van der Waals surface area contributed by atoms with Crippen molar-refractivity contribution in [3.63, 3.8) is 0 Å². The monoisotopic (exact) mass is 390 g/mol. The minimum atomic E-state index is -0.249. The van der Waals surface area contributed by atoms with E-state index in [9.17, 15) is 4.39 Å². The zero-order chi connectivity index (χ0) is 19.8. The predicted molar refractivity (Wildman–Crippen MR) is 106 cm³/mol. The molecule has 0 spiro atoms. The van der Waals surface area contributed by atoms with Gasteiger partial charge in [0, 0.05) is 53.3 Å². The number of rotatable bonds is 5. The van der Waals surface area contributed by atoms with Crippen molar-refractivity contribution in [2.75, 3.05) is 11.9 Å². The van der Waals surface area contributed by atoms with Gasteiger partial charge in [0.25, 0.3) is 0 Å². The number of aromatic nitrogens is 5. The van der Waals surface area contributed by atoms with Crippen molar-refractivity contribution >= 4 is 11.6 Å². The molecule has 0 bridgehead atoms. The number of hydrogen-bond donors (Lipinski definition) is 1. The maximum atomic E-state index is 14.4. The van der Waals surface area contributed by atoms with Gasteiger partial charge in [0.15, 0.2) is 5.65 Å². The lowest BCUT2D eigenvalue weighted by Gasteiger charge is -2.13. The number of benzene rings is 1. The first-order chi connectivity index (χ1) is 14.3. The van der Waals surface area contributed by atoms with Gasteiger partial charge in [-0.25, -0.2) is 9.37 Å². The highest BCUT2D eigenvalue weighted by Gasteiger charge is 2.20. The van der Waals surface area contributed by atoms with Gasteiger partial charge in [0.1, 0.15) is 17.9 Å². The summed E-state index contributed by atoms with van der Waals surface area (Å²) in [6.45, 7) is 2.94. The fourth-order valence-corrected chi connectivity index (χ4v) is 3.78. The Balaban J connectivity index is 1.51. The standard InChI is InChI=1S/C21H19FN6O/c1-2-18-13(4-3-8-23-18)16-11-25-21(28-12-26-27-20(16)28)24-10-15-14-7-9-29-19(14)6-5-17(15)22/h3-6,8,11-12H,2,7,9-10H2,1H3,(H,24,25). The first-order valence-corrected chi connectivity index (χ1v) is 9.56. The molecule has 8 heteroatoms. The van der Waals surface area contributed by atoms with Crippen molar-refractivity contribution in [3.05, 3.63) is 65.6 Å². The second-order valence-electron chi connectivity index (χ2n) is 6.83. The van der Waals surface area contributed by atoms with E-state index in [4.69, 9.17) is 4.74 Å². The zero-order valence-corrected chi connectivity index (χ0v) is 15.9. The largest absolute Gasteiger partial charge is 0.493 e. The molecule has 3 aromatic heterocycles. The molecule has 4 aromatic rings. The molecule has 1 N–H and O–H groups in total. The molecule has 0 aliphatic carbocycles. The smallest absolute Gasteiger partial charge is 0.210 e. The highest BCUT2D eigenvalue weighted by Crippen LogP contribution is 2.31. The quantitative estimate of drug-likeness (QED) is 0.563. The van der Waals surface area contributed by atoms with Gasteiger partial charge in [-0.1, -0.05) is 13.0 Å². The third-order valence-corrected chi connectivity index (χ3v) is 5.21. The van der Waals surface area contributed by atoms with Gasteiger partial charge in [0.05, 0.1) is 6.61 Å². The van der Waals surface area contributed by atoms with E-state index in [0.29, 0.717) is 36.7 Å². The average molecular weight is 390 g/mol. The Morgan fingerprint density at radius 1 is 1.21 bits per heavy atom. The molecular weight excluding hydrogens is 371 g/mol. The van der Waals surface area contributed by atoms with Crippen LogP contribution in [0.15, 0.2) is 43.0 Å². The molecule has 0 unspecified atom stereocenters. The molecule has 5 rings (SSSR count). The molecule has 0 amide bonds. The number of halogens is 1. The molecular formula is C21H19FN6O. The van der Waals surface area contributed by atoms with Crippen molar-refractivity contribution in [2.45, 2.75) is 26.3 Å². The lowest BCUT2D eigenvalue weighted by Crippen LogP contribution is -2.10. The van der Waals surface area contributed by atoms with Crippen molar-refractivity contribution in [2.24, 2.45) is 0 Å². The van der Waals surface area contributed by atoms with E-state index in [0.717, 1.165) is 34.6 Å². The van der Waals surface area contributed by atoms with Crippen LogP contribution in [-0.2, 0) is 19.4 Å². The summed E-state index contributed by atoms with van der Waals surface area (Å²) in [6, 6.07) is 7.04. The highest BCUT2D eigenvalue weighted by atomic mass is 19.1. The third-order valence-electron chi connectivity index (χ3n) is 5.21. The van der Waals surface area contributed by atoms with Crippen LogP contribution in [0.2, 0.25) is 0 Å². The second kappa shape index (κ2) is 7.12. The molecule has 4 heterocycles. The van der Waals surface area contributed by atoms with Crippen LogP contribution in [0, 0.1) is 5.82 Å². The number of ether oxygens (including phenoxy) is 1. The number of pyridine rings is 1. The summed E-state index contributed by atoms with van der Waals surface area (Å²) in [5, 5.41) is 11.6. The molecule has 29 heavy (non-hydrogen) atoms. The minimum absolute atomic E-state index is 0.249. The maximum Gasteiger partial charge on any atom is 0.210 e. The summed E-state index contributed by atoms with van der Waals surface area (Å²) in [5.41, 5.74) is 5.01. The van der Waals surface area contributed by atoms with Crippen molar-refractivity contribution in [3.8, 4) is 16.9 Å². The van der Waals surface area contributed by atoms with Crippen molar-refractivity contribution in [1.82, 2.24) is 24.6 Å². The summed E-state index contributed by atoms with van der Waals surface area (Å²) in [7, 11) is 0. The number of hydrogen-bond acceptors (Lipinski definition) is 6. The second-order valence-corrected chi connectivity index (χ2v) is 6.83. The molecule has 0 fully saturated rings. The van der Waals surface area contributed by atoms with Crippen LogP contribution in [0.1, 0.15) is 23.7 Å². The van der Waals surface area contributed by atoms with Crippen molar-refractivity contribution < 1.29 is 9.13 Å². The predicted octanol–water partition coefficient (Wildman–Crippen LogP) is 3.43. The first-order valence-electron chi connectivity index (χ1n) is 9.56. The third kappa shape index (κ3) is 2.97. The normalized spacial score (nSPS) is 12.8. The molecule has 1 aliphatic heterocycles. The van der Waals surface area contributed by atoms with Crippen molar-refractivity contribution in [1.29, 1.82) is 0 Å². The summed E-state index contributed by atoms with van der Waals surface area (Å²) in [6.07, 6.45) is 6.65. The molecule has 0 radical (unpaired) electrons. The van der Waals surface area contributed by atoms with Crippen LogP contribution < -0.4 is 10.1 Å². The van der Waals surface area contributed by atoms with Gasteiger partial charge >= 0.3 is 0 Å². The number of fused-ring (bicyclic) bond motifs is 2. The maximum absolute atomic E-state index is 14.4. The molecule has 0 atom stereocenters. The Hall–Kier alpha value is -3.55. The fraction of sp³-hybridized carbons (Fsp3) is 0.238. The van der Waals surface area contributed by atoms with Crippen LogP contribution in [-0.4, -0.2) is 31.2 Å². The average Bonchev–Trinajstić information content (AvgIpc) is 3.43. The van der Waals surface area contributed by atoms with Crippen LogP contribution in [0.4, 0.5) is 10.3 Å². The van der Waals surface area contributed by atoms with Gasteiger partial charge in [-0.3, -0.25) is 9.38 Å². The van der Waals surface area contributed by atoms with E-state index in [1.165, 1.54) is 6.07 Å². The Kier molecular flexibility index (Phi) is 4.31. The number of nitrogens with zero attached hydrogens (tertiary/aromatic N) is 5. The first kappa shape index (κ1) is 17.5. The summed E-state index contributed by atoms with van der Waals surface area (Å²) < 4.78 is 21.7. The highest BCUT2D eigenvalue weighted by molar-refractivity contribution is 5.79. The number of aryl methyl sites for hydroxylation is 1. The fourth-order valence-electron chi connectivity index (χ4n) is 3.78. The van der Waals surface area contributed by atoms with Gasteiger partial charge in [0.2, 0.25) is 5.95 Å². The van der Waals surface area contributed by atoms with E-state index in [1.807, 2.05) is 12.1 Å². The Morgan fingerprint density at radius 3 is 3.03 bits per heavy atom. The summed E-state index contributed by atoms with van der Waals surface area (Å²) in [4.78, 5) is 9.01. The van der Waals surface area contributed by atoms with E-state index in [1.54, 1.807) is 29.2 Å². The number of nitrogens with one attached hydrogen (secondary N) is 1. The Morgan fingerprint density at radius 2 is 2.14 bits per heavy atom. The minimum Gasteiger partial charge on any atom is -0.493 e. The molecule has 1 aliphatic rings. The van der Waals surface area contributed by atoms with E-state index < -0.39 is 0 Å². The molecule has 0 saturated carbocycles.